The average molecular weight is 243 g/mol. The Kier molecular flexibility index (Phi) is 4.15. The number of aromatic nitrogens is 1. The van der Waals surface area contributed by atoms with Crippen molar-refractivity contribution in [1.82, 2.24) is 10.3 Å². The summed E-state index contributed by atoms with van der Waals surface area (Å²) in [6.45, 7) is 0.480. The first-order valence-electron chi connectivity index (χ1n) is 5.95. The standard InChI is InChI=1S/C14H17N3O/c15-13(9-11-5-2-1-3-6-11)14(18)17-10-12-7-4-8-16-12/h1-8,13,16H,9-10,15H2,(H,17,18). The molecule has 1 amide bonds. The van der Waals surface area contributed by atoms with Gasteiger partial charge in [0.05, 0.1) is 12.6 Å². The van der Waals surface area contributed by atoms with Gasteiger partial charge in [0.15, 0.2) is 0 Å². The largest absolute Gasteiger partial charge is 0.364 e. The Labute approximate surface area is 106 Å². The number of H-pyrrole nitrogens is 1. The summed E-state index contributed by atoms with van der Waals surface area (Å²) in [7, 11) is 0. The highest BCUT2D eigenvalue weighted by molar-refractivity contribution is 5.81. The minimum Gasteiger partial charge on any atom is -0.364 e. The lowest BCUT2D eigenvalue weighted by molar-refractivity contribution is -0.122. The van der Waals surface area contributed by atoms with E-state index in [2.05, 4.69) is 10.3 Å². The molecule has 0 aliphatic rings. The number of amides is 1. The molecule has 1 atom stereocenters. The minimum absolute atomic E-state index is 0.131. The highest BCUT2D eigenvalue weighted by atomic mass is 16.2. The number of carbonyl (C=O) groups excluding carboxylic acids is 1. The first-order chi connectivity index (χ1) is 8.75. The Hall–Kier alpha value is -2.07. The molecule has 2 rings (SSSR count). The first-order valence-corrected chi connectivity index (χ1v) is 5.95. The maximum Gasteiger partial charge on any atom is 0.237 e. The van der Waals surface area contributed by atoms with Crippen LogP contribution in [0, 0.1) is 0 Å². The van der Waals surface area contributed by atoms with Gasteiger partial charge in [0.25, 0.3) is 0 Å². The fourth-order valence-electron chi connectivity index (χ4n) is 1.75. The number of hydrogen-bond acceptors (Lipinski definition) is 2. The van der Waals surface area contributed by atoms with Crippen LogP contribution in [0.1, 0.15) is 11.3 Å². The number of aromatic amines is 1. The summed E-state index contributed by atoms with van der Waals surface area (Å²) in [4.78, 5) is 14.8. The minimum atomic E-state index is -0.512. The highest BCUT2D eigenvalue weighted by Crippen LogP contribution is 2.02. The zero-order valence-corrected chi connectivity index (χ0v) is 10.1. The third-order valence-corrected chi connectivity index (χ3v) is 2.75. The van der Waals surface area contributed by atoms with Crippen molar-refractivity contribution >= 4 is 5.91 Å². The van der Waals surface area contributed by atoms with Crippen LogP contribution >= 0.6 is 0 Å². The van der Waals surface area contributed by atoms with Gasteiger partial charge in [-0.05, 0) is 24.1 Å². The lowest BCUT2D eigenvalue weighted by atomic mass is 10.1. The summed E-state index contributed by atoms with van der Waals surface area (Å²) in [6, 6.07) is 13.1. The number of rotatable bonds is 5. The predicted molar refractivity (Wildman–Crippen MR) is 70.8 cm³/mol. The Balaban J connectivity index is 1.82. The zero-order chi connectivity index (χ0) is 12.8. The summed E-state index contributed by atoms with van der Waals surface area (Å²) in [5.41, 5.74) is 7.90. The van der Waals surface area contributed by atoms with Crippen LogP contribution in [0.4, 0.5) is 0 Å². The SMILES string of the molecule is NC(Cc1ccccc1)C(=O)NCc1ccc[nH]1. The van der Waals surface area contributed by atoms with Gasteiger partial charge in [0.1, 0.15) is 0 Å². The van der Waals surface area contributed by atoms with Crippen molar-refractivity contribution in [2.45, 2.75) is 19.0 Å². The van der Waals surface area contributed by atoms with E-state index in [9.17, 15) is 4.79 Å². The van der Waals surface area contributed by atoms with Gasteiger partial charge in [-0.2, -0.15) is 0 Å². The van der Waals surface area contributed by atoms with E-state index in [4.69, 9.17) is 5.73 Å². The molecule has 2 aromatic rings. The molecule has 0 fully saturated rings. The number of carbonyl (C=O) groups is 1. The Morgan fingerprint density at radius 1 is 1.22 bits per heavy atom. The molecule has 0 bridgehead atoms. The van der Waals surface area contributed by atoms with Crippen LogP contribution in [0.5, 0.6) is 0 Å². The second-order valence-electron chi connectivity index (χ2n) is 4.21. The van der Waals surface area contributed by atoms with Gasteiger partial charge in [0, 0.05) is 11.9 Å². The molecule has 0 spiro atoms. The zero-order valence-electron chi connectivity index (χ0n) is 10.1. The van der Waals surface area contributed by atoms with Gasteiger partial charge >= 0.3 is 0 Å². The lowest BCUT2D eigenvalue weighted by Crippen LogP contribution is -2.41. The summed E-state index contributed by atoms with van der Waals surface area (Å²) in [5.74, 6) is -0.131. The number of hydrogen-bond donors (Lipinski definition) is 3. The van der Waals surface area contributed by atoms with E-state index in [1.165, 1.54) is 0 Å². The van der Waals surface area contributed by atoms with Crippen molar-refractivity contribution in [2.75, 3.05) is 0 Å². The van der Waals surface area contributed by atoms with Gasteiger partial charge in [-0.25, -0.2) is 0 Å². The van der Waals surface area contributed by atoms with Crippen molar-refractivity contribution in [3.63, 3.8) is 0 Å². The van der Waals surface area contributed by atoms with E-state index in [1.54, 1.807) is 0 Å². The number of benzene rings is 1. The van der Waals surface area contributed by atoms with E-state index >= 15 is 0 Å². The third kappa shape index (κ3) is 3.46. The second-order valence-corrected chi connectivity index (χ2v) is 4.21. The lowest BCUT2D eigenvalue weighted by Gasteiger charge is -2.11. The van der Waals surface area contributed by atoms with Gasteiger partial charge in [-0.1, -0.05) is 30.3 Å². The van der Waals surface area contributed by atoms with Crippen molar-refractivity contribution in [3.8, 4) is 0 Å². The van der Waals surface area contributed by atoms with Gasteiger partial charge in [-0.15, -0.1) is 0 Å². The van der Waals surface area contributed by atoms with Crippen molar-refractivity contribution in [2.24, 2.45) is 5.73 Å². The molecule has 1 heterocycles. The topological polar surface area (TPSA) is 70.9 Å². The predicted octanol–water partition coefficient (Wildman–Crippen LogP) is 1.20. The fraction of sp³-hybridized carbons (Fsp3) is 0.214. The molecular weight excluding hydrogens is 226 g/mol. The summed E-state index contributed by atoms with van der Waals surface area (Å²) in [6.07, 6.45) is 2.38. The molecule has 1 aromatic carbocycles. The highest BCUT2D eigenvalue weighted by Gasteiger charge is 2.13. The molecular formula is C14H17N3O. The third-order valence-electron chi connectivity index (χ3n) is 2.75. The molecule has 4 nitrogen and oxygen atoms in total. The van der Waals surface area contributed by atoms with Gasteiger partial charge < -0.3 is 16.0 Å². The smallest absolute Gasteiger partial charge is 0.237 e. The Bertz CT molecular complexity index is 479. The Morgan fingerprint density at radius 3 is 2.67 bits per heavy atom. The van der Waals surface area contributed by atoms with Crippen LogP contribution in [0.3, 0.4) is 0 Å². The molecule has 1 unspecified atom stereocenters. The van der Waals surface area contributed by atoms with Crippen molar-refractivity contribution in [1.29, 1.82) is 0 Å². The molecule has 0 saturated heterocycles. The molecule has 0 aliphatic carbocycles. The quantitative estimate of drug-likeness (QED) is 0.738. The van der Waals surface area contributed by atoms with Gasteiger partial charge in [0.2, 0.25) is 5.91 Å². The second kappa shape index (κ2) is 6.02. The van der Waals surface area contributed by atoms with Crippen molar-refractivity contribution in [3.05, 3.63) is 59.9 Å². The normalized spacial score (nSPS) is 12.1. The van der Waals surface area contributed by atoms with E-state index in [1.807, 2.05) is 48.7 Å². The molecule has 0 aliphatic heterocycles. The molecule has 0 saturated carbocycles. The number of nitrogens with two attached hydrogens (primary N) is 1. The number of nitrogens with one attached hydrogen (secondary N) is 2. The van der Waals surface area contributed by atoms with Crippen LogP contribution in [0.25, 0.3) is 0 Å². The monoisotopic (exact) mass is 243 g/mol. The van der Waals surface area contributed by atoms with Crippen LogP contribution in [0.15, 0.2) is 48.7 Å². The molecule has 4 N–H and O–H groups in total. The van der Waals surface area contributed by atoms with E-state index in [0.717, 1.165) is 11.3 Å². The molecule has 0 radical (unpaired) electrons. The first kappa shape index (κ1) is 12.4. The van der Waals surface area contributed by atoms with E-state index < -0.39 is 6.04 Å². The van der Waals surface area contributed by atoms with E-state index in [-0.39, 0.29) is 5.91 Å². The summed E-state index contributed by atoms with van der Waals surface area (Å²) in [5, 5.41) is 2.81. The molecule has 1 aromatic heterocycles. The molecule has 4 heteroatoms. The van der Waals surface area contributed by atoms with Crippen LogP contribution < -0.4 is 11.1 Å². The van der Waals surface area contributed by atoms with Crippen LogP contribution in [-0.2, 0) is 17.8 Å². The average Bonchev–Trinajstić information content (AvgIpc) is 2.90. The molecule has 18 heavy (non-hydrogen) atoms. The maximum atomic E-state index is 11.8. The van der Waals surface area contributed by atoms with Crippen molar-refractivity contribution < 1.29 is 4.79 Å². The summed E-state index contributed by atoms with van der Waals surface area (Å²) < 4.78 is 0. The molecule has 94 valence electrons. The van der Waals surface area contributed by atoms with Crippen LogP contribution in [0.2, 0.25) is 0 Å². The van der Waals surface area contributed by atoms with Crippen LogP contribution in [-0.4, -0.2) is 16.9 Å². The van der Waals surface area contributed by atoms with Gasteiger partial charge in [-0.3, -0.25) is 4.79 Å². The van der Waals surface area contributed by atoms with E-state index in [0.29, 0.717) is 13.0 Å². The summed E-state index contributed by atoms with van der Waals surface area (Å²) >= 11 is 0. The Morgan fingerprint density at radius 2 is 2.00 bits per heavy atom. The fourth-order valence-corrected chi connectivity index (χ4v) is 1.75. The maximum absolute atomic E-state index is 11.8.